The van der Waals surface area contributed by atoms with Crippen molar-refractivity contribution in [1.82, 2.24) is 20.5 Å². The molecule has 0 aliphatic carbocycles. The third kappa shape index (κ3) is 4.32. The monoisotopic (exact) mass is 348 g/mol. The van der Waals surface area contributed by atoms with Gasteiger partial charge in [-0.25, -0.2) is 0 Å². The van der Waals surface area contributed by atoms with Crippen LogP contribution in [0.1, 0.15) is 42.5 Å². The molecule has 2 rings (SSSR count). The quantitative estimate of drug-likeness (QED) is 0.869. The maximum absolute atomic E-state index is 4.48. The van der Waals surface area contributed by atoms with E-state index in [0.717, 1.165) is 40.9 Å². The highest BCUT2D eigenvalue weighted by molar-refractivity contribution is 9.10. The Morgan fingerprint density at radius 2 is 2.05 bits per heavy atom. The number of nitrogens with zero attached hydrogens (tertiary/aromatic N) is 3. The van der Waals surface area contributed by atoms with Gasteiger partial charge in [0.25, 0.3) is 0 Å². The fourth-order valence-corrected chi connectivity index (χ4v) is 2.62. The van der Waals surface area contributed by atoms with Gasteiger partial charge in [0.2, 0.25) is 0 Å². The molecule has 21 heavy (non-hydrogen) atoms. The zero-order valence-corrected chi connectivity index (χ0v) is 14.3. The molecule has 4 nitrogen and oxygen atoms in total. The summed E-state index contributed by atoms with van der Waals surface area (Å²) in [6.07, 6.45) is 3.58. The maximum atomic E-state index is 4.48. The highest BCUT2D eigenvalue weighted by Crippen LogP contribution is 2.21. The molecule has 2 aromatic heterocycles. The number of halogens is 1. The first-order chi connectivity index (χ1) is 10.1. The first-order valence-electron chi connectivity index (χ1n) is 7.31. The lowest BCUT2D eigenvalue weighted by Gasteiger charge is -2.20. The number of nitrogens with one attached hydrogen (secondary N) is 1. The maximum Gasteiger partial charge on any atom is 0.0676 e. The Kier molecular flexibility index (Phi) is 5.82. The number of aromatic nitrogens is 3. The molecule has 5 heteroatoms. The summed E-state index contributed by atoms with van der Waals surface area (Å²) in [5.41, 5.74) is 4.31. The molecule has 0 saturated heterocycles. The topological polar surface area (TPSA) is 50.7 Å². The highest BCUT2D eigenvalue weighted by atomic mass is 79.9. The van der Waals surface area contributed by atoms with Gasteiger partial charge in [0.15, 0.2) is 0 Å². The van der Waals surface area contributed by atoms with Crippen LogP contribution in [0.5, 0.6) is 0 Å². The number of pyridine rings is 1. The molecule has 2 heterocycles. The van der Waals surface area contributed by atoms with Crippen molar-refractivity contribution in [3.63, 3.8) is 0 Å². The Morgan fingerprint density at radius 1 is 1.24 bits per heavy atom. The van der Waals surface area contributed by atoms with Crippen LogP contribution in [0.3, 0.4) is 0 Å². The first-order valence-corrected chi connectivity index (χ1v) is 8.10. The van der Waals surface area contributed by atoms with Gasteiger partial charge >= 0.3 is 0 Å². The molecule has 0 spiro atoms. The highest BCUT2D eigenvalue weighted by Gasteiger charge is 2.17. The van der Waals surface area contributed by atoms with Gasteiger partial charge in [0, 0.05) is 28.8 Å². The van der Waals surface area contributed by atoms with E-state index in [9.17, 15) is 0 Å². The lowest BCUT2D eigenvalue weighted by molar-refractivity contribution is 0.534. The lowest BCUT2D eigenvalue weighted by atomic mass is 9.98. The summed E-state index contributed by atoms with van der Waals surface area (Å²) < 4.78 is 1.00. The largest absolute Gasteiger partial charge is 0.310 e. The summed E-state index contributed by atoms with van der Waals surface area (Å²) >= 11 is 3.42. The zero-order valence-electron chi connectivity index (χ0n) is 12.7. The van der Waals surface area contributed by atoms with E-state index in [1.165, 1.54) is 5.56 Å². The summed E-state index contributed by atoms with van der Waals surface area (Å²) in [5, 5.41) is 12.1. The van der Waals surface area contributed by atoms with E-state index in [1.807, 2.05) is 19.2 Å². The van der Waals surface area contributed by atoms with Gasteiger partial charge in [-0.2, -0.15) is 10.2 Å². The third-order valence-corrected chi connectivity index (χ3v) is 3.86. The predicted octanol–water partition coefficient (Wildman–Crippen LogP) is 3.40. The lowest BCUT2D eigenvalue weighted by Crippen LogP contribution is -2.25. The van der Waals surface area contributed by atoms with Crippen LogP contribution < -0.4 is 5.32 Å². The van der Waals surface area contributed by atoms with Crippen molar-refractivity contribution in [3.8, 4) is 0 Å². The van der Waals surface area contributed by atoms with Gasteiger partial charge in [0.1, 0.15) is 0 Å². The van der Waals surface area contributed by atoms with Gasteiger partial charge in [0.05, 0.1) is 11.4 Å². The van der Waals surface area contributed by atoms with Crippen LogP contribution in [0, 0.1) is 6.92 Å². The molecule has 1 unspecified atom stereocenters. The van der Waals surface area contributed by atoms with Crippen LogP contribution in [0.4, 0.5) is 0 Å². The molecular weight excluding hydrogens is 328 g/mol. The molecule has 0 amide bonds. The minimum Gasteiger partial charge on any atom is -0.310 e. The van der Waals surface area contributed by atoms with Gasteiger partial charge in [-0.05, 0) is 59.6 Å². The van der Waals surface area contributed by atoms with E-state index in [1.54, 1.807) is 0 Å². The fraction of sp³-hybridized carbons (Fsp3) is 0.438. The van der Waals surface area contributed by atoms with Crippen LogP contribution in [0.25, 0.3) is 0 Å². The summed E-state index contributed by atoms with van der Waals surface area (Å²) in [7, 11) is 0. The predicted molar refractivity (Wildman–Crippen MR) is 88.2 cm³/mol. The summed E-state index contributed by atoms with van der Waals surface area (Å²) in [4.78, 5) is 4.48. The van der Waals surface area contributed by atoms with Crippen molar-refractivity contribution >= 4 is 15.9 Å². The second kappa shape index (κ2) is 7.61. The molecule has 0 saturated carbocycles. The molecule has 1 N–H and O–H groups in total. The normalized spacial score (nSPS) is 12.4. The fourth-order valence-electron chi connectivity index (χ4n) is 2.39. The summed E-state index contributed by atoms with van der Waals surface area (Å²) in [6.45, 7) is 7.13. The Bertz CT molecular complexity index is 583. The molecule has 0 bridgehead atoms. The van der Waals surface area contributed by atoms with Crippen LogP contribution in [-0.2, 0) is 12.8 Å². The first kappa shape index (κ1) is 16.0. The molecule has 0 aromatic carbocycles. The average molecular weight is 349 g/mol. The minimum absolute atomic E-state index is 0.216. The number of likely N-dealkylation sites (N-methyl/N-ethyl adjacent to an activating group) is 1. The Labute approximate surface area is 134 Å². The van der Waals surface area contributed by atoms with E-state index >= 15 is 0 Å². The Hall–Kier alpha value is -1.33. The zero-order chi connectivity index (χ0) is 15.2. The molecular formula is C16H21BrN4. The van der Waals surface area contributed by atoms with Crippen LogP contribution >= 0.6 is 15.9 Å². The van der Waals surface area contributed by atoms with E-state index in [4.69, 9.17) is 0 Å². The molecule has 0 aliphatic heterocycles. The van der Waals surface area contributed by atoms with Crippen molar-refractivity contribution in [2.75, 3.05) is 6.54 Å². The average Bonchev–Trinajstić information content (AvgIpc) is 2.49. The van der Waals surface area contributed by atoms with Crippen LogP contribution in [-0.4, -0.2) is 21.7 Å². The Morgan fingerprint density at radius 3 is 2.67 bits per heavy atom. The summed E-state index contributed by atoms with van der Waals surface area (Å²) in [6, 6.07) is 6.44. The van der Waals surface area contributed by atoms with Crippen molar-refractivity contribution in [1.29, 1.82) is 0 Å². The van der Waals surface area contributed by atoms with E-state index in [0.29, 0.717) is 0 Å². The van der Waals surface area contributed by atoms with Crippen molar-refractivity contribution < 1.29 is 0 Å². The molecule has 112 valence electrons. The van der Waals surface area contributed by atoms with Gasteiger partial charge in [-0.3, -0.25) is 4.98 Å². The van der Waals surface area contributed by atoms with Gasteiger partial charge in [-0.15, -0.1) is 0 Å². The molecule has 0 aliphatic rings. The second-order valence-corrected chi connectivity index (χ2v) is 5.94. The smallest absolute Gasteiger partial charge is 0.0676 e. The van der Waals surface area contributed by atoms with Gasteiger partial charge < -0.3 is 5.32 Å². The standard InChI is InChI=1S/C16H21BrN4/c1-4-15-14(8-11(3)20-21-15)16(18-5-2)9-13-7-6-12(17)10-19-13/h6-8,10,16,18H,4-5,9H2,1-3H3. The van der Waals surface area contributed by atoms with Crippen molar-refractivity contribution in [3.05, 3.63) is 51.5 Å². The molecule has 0 radical (unpaired) electrons. The number of hydrogen-bond acceptors (Lipinski definition) is 4. The van der Waals surface area contributed by atoms with E-state index in [-0.39, 0.29) is 6.04 Å². The number of rotatable bonds is 6. The number of aryl methyl sites for hydroxylation is 2. The van der Waals surface area contributed by atoms with E-state index in [2.05, 4.69) is 62.4 Å². The van der Waals surface area contributed by atoms with Crippen molar-refractivity contribution in [2.24, 2.45) is 0 Å². The van der Waals surface area contributed by atoms with Crippen LogP contribution in [0.15, 0.2) is 28.9 Å². The summed E-state index contributed by atoms with van der Waals surface area (Å²) in [5.74, 6) is 0. The second-order valence-electron chi connectivity index (χ2n) is 5.02. The van der Waals surface area contributed by atoms with E-state index < -0.39 is 0 Å². The molecule has 2 aromatic rings. The minimum atomic E-state index is 0.216. The SMILES string of the molecule is CCNC(Cc1ccc(Br)cn1)c1cc(C)nnc1CC. The third-order valence-electron chi connectivity index (χ3n) is 3.39. The van der Waals surface area contributed by atoms with Crippen molar-refractivity contribution in [2.45, 2.75) is 39.7 Å². The van der Waals surface area contributed by atoms with Gasteiger partial charge in [-0.1, -0.05) is 13.8 Å². The molecule has 1 atom stereocenters. The Balaban J connectivity index is 2.30. The molecule has 0 fully saturated rings. The number of hydrogen-bond donors (Lipinski definition) is 1. The van der Waals surface area contributed by atoms with Crippen LogP contribution in [0.2, 0.25) is 0 Å².